The fraction of sp³-hybridized carbons (Fsp3) is 0.444. The molecule has 0 radical (unpaired) electrons. The second-order valence-corrected chi connectivity index (χ2v) is 5.92. The molecule has 1 aliphatic heterocycles. The average Bonchev–Trinajstić information content (AvgIpc) is 2.99. The van der Waals surface area contributed by atoms with Gasteiger partial charge in [-0.2, -0.15) is 0 Å². The molecule has 1 N–H and O–H groups in total. The largest absolute Gasteiger partial charge is 0.497 e. The van der Waals surface area contributed by atoms with Gasteiger partial charge in [-0.3, -0.25) is 4.79 Å². The van der Waals surface area contributed by atoms with E-state index >= 15 is 0 Å². The first-order valence-electron chi connectivity index (χ1n) is 8.23. The molecular formula is C18H23N3O2. The predicted octanol–water partition coefficient (Wildman–Crippen LogP) is 3.19. The number of aryl methyl sites for hydroxylation is 2. The van der Waals surface area contributed by atoms with Crippen molar-refractivity contribution in [2.75, 3.05) is 12.4 Å². The lowest BCUT2D eigenvalue weighted by Crippen LogP contribution is -2.18. The molecule has 0 bridgehead atoms. The molecular weight excluding hydrogens is 290 g/mol. The van der Waals surface area contributed by atoms with E-state index in [1.54, 1.807) is 13.3 Å². The topological polar surface area (TPSA) is 56.1 Å². The molecule has 2 aromatic rings. The number of fused-ring (bicyclic) bond motifs is 1. The summed E-state index contributed by atoms with van der Waals surface area (Å²) in [6, 6.07) is 8.00. The predicted molar refractivity (Wildman–Crippen MR) is 89.7 cm³/mol. The lowest BCUT2D eigenvalue weighted by Gasteiger charge is -2.16. The Morgan fingerprint density at radius 3 is 2.91 bits per heavy atom. The van der Waals surface area contributed by atoms with Crippen molar-refractivity contribution in [3.63, 3.8) is 0 Å². The monoisotopic (exact) mass is 313 g/mol. The van der Waals surface area contributed by atoms with E-state index in [4.69, 9.17) is 4.74 Å². The van der Waals surface area contributed by atoms with Crippen LogP contribution in [0.4, 0.5) is 5.82 Å². The van der Waals surface area contributed by atoms with Gasteiger partial charge in [-0.05, 0) is 43.4 Å². The van der Waals surface area contributed by atoms with Gasteiger partial charge in [-0.25, -0.2) is 4.98 Å². The van der Waals surface area contributed by atoms with Crippen LogP contribution in [0, 0.1) is 0 Å². The van der Waals surface area contributed by atoms with Gasteiger partial charge in [0.2, 0.25) is 5.91 Å². The van der Waals surface area contributed by atoms with Crippen LogP contribution in [0.3, 0.4) is 0 Å². The van der Waals surface area contributed by atoms with Crippen molar-refractivity contribution in [1.29, 1.82) is 0 Å². The number of hydrogen-bond acceptors (Lipinski definition) is 3. The number of hydrogen-bond donors (Lipinski definition) is 1. The lowest BCUT2D eigenvalue weighted by molar-refractivity contribution is -0.116. The van der Waals surface area contributed by atoms with Crippen LogP contribution in [-0.2, 0) is 24.2 Å². The van der Waals surface area contributed by atoms with Crippen molar-refractivity contribution in [1.82, 2.24) is 9.55 Å². The van der Waals surface area contributed by atoms with E-state index < -0.39 is 0 Å². The third-order valence-corrected chi connectivity index (χ3v) is 4.27. The summed E-state index contributed by atoms with van der Waals surface area (Å²) in [7, 11) is 1.66. The van der Waals surface area contributed by atoms with Crippen molar-refractivity contribution in [3.05, 3.63) is 41.9 Å². The molecule has 1 aliphatic rings. The number of methoxy groups -OCH3 is 1. The zero-order valence-corrected chi connectivity index (χ0v) is 13.5. The van der Waals surface area contributed by atoms with Crippen LogP contribution in [-0.4, -0.2) is 22.6 Å². The third kappa shape index (κ3) is 3.92. The summed E-state index contributed by atoms with van der Waals surface area (Å²) in [5.74, 6) is 2.85. The molecule has 0 saturated carbocycles. The molecule has 0 saturated heterocycles. The zero-order chi connectivity index (χ0) is 16.1. The Balaban J connectivity index is 1.47. The Hall–Kier alpha value is -2.30. The van der Waals surface area contributed by atoms with Gasteiger partial charge in [0.15, 0.2) is 0 Å². The number of rotatable bonds is 6. The number of aromatic nitrogens is 2. The van der Waals surface area contributed by atoms with Crippen molar-refractivity contribution < 1.29 is 9.53 Å². The minimum Gasteiger partial charge on any atom is -0.497 e. The fourth-order valence-corrected chi connectivity index (χ4v) is 2.97. The Morgan fingerprint density at radius 1 is 1.30 bits per heavy atom. The van der Waals surface area contributed by atoms with Crippen molar-refractivity contribution in [2.24, 2.45) is 0 Å². The number of carbonyl (C=O) groups is 1. The number of benzene rings is 1. The van der Waals surface area contributed by atoms with Crippen molar-refractivity contribution in [3.8, 4) is 5.75 Å². The summed E-state index contributed by atoms with van der Waals surface area (Å²) in [6.07, 6.45) is 7.37. The third-order valence-electron chi connectivity index (χ3n) is 4.27. The van der Waals surface area contributed by atoms with Crippen molar-refractivity contribution >= 4 is 11.7 Å². The van der Waals surface area contributed by atoms with Crippen LogP contribution >= 0.6 is 0 Å². The van der Waals surface area contributed by atoms with E-state index in [1.165, 1.54) is 12.0 Å². The quantitative estimate of drug-likeness (QED) is 0.891. The molecule has 0 atom stereocenters. The Bertz CT molecular complexity index is 661. The van der Waals surface area contributed by atoms with Gasteiger partial charge in [0, 0.05) is 19.4 Å². The van der Waals surface area contributed by atoms with Crippen molar-refractivity contribution in [2.45, 2.75) is 45.1 Å². The molecule has 1 aromatic heterocycles. The Labute approximate surface area is 136 Å². The van der Waals surface area contributed by atoms with Crippen LogP contribution in [0.1, 0.15) is 37.1 Å². The first-order chi connectivity index (χ1) is 11.3. The van der Waals surface area contributed by atoms with Gasteiger partial charge < -0.3 is 14.6 Å². The summed E-state index contributed by atoms with van der Waals surface area (Å²) >= 11 is 0. The van der Waals surface area contributed by atoms with Gasteiger partial charge in [0.25, 0.3) is 0 Å². The van der Waals surface area contributed by atoms with Crippen LogP contribution in [0.25, 0.3) is 0 Å². The lowest BCUT2D eigenvalue weighted by atomic mass is 10.1. The highest BCUT2D eigenvalue weighted by Crippen LogP contribution is 2.20. The van der Waals surface area contributed by atoms with Crippen LogP contribution in [0.5, 0.6) is 5.75 Å². The highest BCUT2D eigenvalue weighted by Gasteiger charge is 2.15. The molecule has 2 heterocycles. The average molecular weight is 313 g/mol. The number of anilines is 1. The number of carbonyl (C=O) groups excluding carboxylic acids is 1. The normalized spacial score (nSPS) is 13.4. The number of imidazole rings is 1. The Kier molecular flexibility index (Phi) is 4.95. The number of nitrogens with one attached hydrogen (secondary N) is 1. The van der Waals surface area contributed by atoms with E-state index in [-0.39, 0.29) is 5.91 Å². The summed E-state index contributed by atoms with van der Waals surface area (Å²) in [6.45, 7) is 0.955. The minimum absolute atomic E-state index is 0.0618. The molecule has 122 valence electrons. The summed E-state index contributed by atoms with van der Waals surface area (Å²) in [4.78, 5) is 16.5. The Morgan fingerprint density at radius 2 is 2.13 bits per heavy atom. The molecule has 5 nitrogen and oxygen atoms in total. The van der Waals surface area contributed by atoms with Gasteiger partial charge in [0.05, 0.1) is 13.3 Å². The molecule has 0 fully saturated rings. The number of ether oxygens (including phenoxy) is 1. The minimum atomic E-state index is 0.0618. The van der Waals surface area contributed by atoms with Crippen LogP contribution in [0.2, 0.25) is 0 Å². The molecule has 1 aromatic carbocycles. The standard InChI is InChI=1S/C18H23N3O2/c1-23-15-10-8-14(9-11-15)5-4-7-18(22)20-17-13-19-16-6-2-3-12-21(16)17/h8-11,13H,2-7,12H2,1H3,(H,20,22). The van der Waals surface area contributed by atoms with Crippen LogP contribution in [0.15, 0.2) is 30.5 Å². The molecule has 0 aliphatic carbocycles. The first kappa shape index (κ1) is 15.6. The first-order valence-corrected chi connectivity index (χ1v) is 8.23. The summed E-state index contributed by atoms with van der Waals surface area (Å²) in [5.41, 5.74) is 1.22. The van der Waals surface area contributed by atoms with E-state index in [1.807, 2.05) is 24.3 Å². The molecule has 0 spiro atoms. The van der Waals surface area contributed by atoms with E-state index in [9.17, 15) is 4.79 Å². The van der Waals surface area contributed by atoms with E-state index in [0.29, 0.717) is 6.42 Å². The van der Waals surface area contributed by atoms with E-state index in [0.717, 1.165) is 49.6 Å². The molecule has 5 heteroatoms. The maximum absolute atomic E-state index is 12.1. The second-order valence-electron chi connectivity index (χ2n) is 5.92. The number of amides is 1. The van der Waals surface area contributed by atoms with E-state index in [2.05, 4.69) is 14.9 Å². The molecule has 23 heavy (non-hydrogen) atoms. The maximum atomic E-state index is 12.1. The molecule has 3 rings (SSSR count). The molecule has 1 amide bonds. The number of nitrogens with zero attached hydrogens (tertiary/aromatic N) is 2. The van der Waals surface area contributed by atoms with Gasteiger partial charge in [0.1, 0.15) is 17.4 Å². The summed E-state index contributed by atoms with van der Waals surface area (Å²) in [5, 5.41) is 3.00. The molecule has 0 unspecified atom stereocenters. The van der Waals surface area contributed by atoms with Gasteiger partial charge in [-0.15, -0.1) is 0 Å². The smallest absolute Gasteiger partial charge is 0.225 e. The fourth-order valence-electron chi connectivity index (χ4n) is 2.97. The second kappa shape index (κ2) is 7.31. The SMILES string of the molecule is COc1ccc(CCCC(=O)Nc2cnc3n2CCCC3)cc1. The highest BCUT2D eigenvalue weighted by molar-refractivity contribution is 5.89. The van der Waals surface area contributed by atoms with Gasteiger partial charge >= 0.3 is 0 Å². The maximum Gasteiger partial charge on any atom is 0.225 e. The summed E-state index contributed by atoms with van der Waals surface area (Å²) < 4.78 is 7.27. The zero-order valence-electron chi connectivity index (χ0n) is 13.5. The highest BCUT2D eigenvalue weighted by atomic mass is 16.5. The van der Waals surface area contributed by atoms with Crippen LogP contribution < -0.4 is 10.1 Å². The van der Waals surface area contributed by atoms with Gasteiger partial charge in [-0.1, -0.05) is 12.1 Å².